The second kappa shape index (κ2) is 9.26. The van der Waals surface area contributed by atoms with Crippen LogP contribution in [0.3, 0.4) is 0 Å². The van der Waals surface area contributed by atoms with Gasteiger partial charge in [-0.3, -0.25) is 19.4 Å². The minimum Gasteiger partial charge on any atom is -0.323 e. The molecule has 0 aliphatic carbocycles. The first-order chi connectivity index (χ1) is 14.1. The first-order valence-corrected chi connectivity index (χ1v) is 11.3. The fourth-order valence-corrected chi connectivity index (χ4v) is 5.09. The smallest absolute Gasteiger partial charge is 0.244 e. The van der Waals surface area contributed by atoms with E-state index < -0.39 is 0 Å². The molecule has 3 aliphatic heterocycles. The van der Waals surface area contributed by atoms with Crippen LogP contribution in [0.15, 0.2) is 24.3 Å². The number of hydrogen-bond acceptors (Lipinski definition) is 4. The van der Waals surface area contributed by atoms with Crippen LogP contribution < -0.4 is 10.2 Å². The predicted octanol–water partition coefficient (Wildman–Crippen LogP) is 2.95. The van der Waals surface area contributed by atoms with E-state index in [0.29, 0.717) is 5.92 Å². The Kier molecular flexibility index (Phi) is 6.50. The lowest BCUT2D eigenvalue weighted by atomic mass is 9.95. The van der Waals surface area contributed by atoms with Crippen LogP contribution in [0.25, 0.3) is 0 Å². The number of fused-ring (bicyclic) bond motifs is 1. The van der Waals surface area contributed by atoms with Crippen molar-refractivity contribution in [2.45, 2.75) is 51.5 Å². The van der Waals surface area contributed by atoms with E-state index in [0.717, 1.165) is 37.4 Å². The highest BCUT2D eigenvalue weighted by Crippen LogP contribution is 2.30. The van der Waals surface area contributed by atoms with E-state index in [1.807, 2.05) is 31.2 Å². The number of anilines is 2. The molecule has 6 heteroatoms. The van der Waals surface area contributed by atoms with E-state index >= 15 is 0 Å². The summed E-state index contributed by atoms with van der Waals surface area (Å²) < 4.78 is 0. The van der Waals surface area contributed by atoms with Gasteiger partial charge < -0.3 is 10.2 Å². The molecule has 2 fully saturated rings. The first-order valence-electron chi connectivity index (χ1n) is 11.3. The summed E-state index contributed by atoms with van der Waals surface area (Å²) in [6.45, 7) is 7.66. The molecule has 0 radical (unpaired) electrons. The third-order valence-corrected chi connectivity index (χ3v) is 6.71. The number of hydrogen-bond donors (Lipinski definition) is 1. The van der Waals surface area contributed by atoms with E-state index in [1.54, 1.807) is 4.90 Å². The van der Waals surface area contributed by atoms with Gasteiger partial charge in [0.25, 0.3) is 0 Å². The van der Waals surface area contributed by atoms with Crippen LogP contribution in [-0.2, 0) is 9.59 Å². The molecule has 0 saturated carbocycles. The number of benzene rings is 1. The molecule has 2 amide bonds. The summed E-state index contributed by atoms with van der Waals surface area (Å²) in [5, 5.41) is 2.87. The molecule has 2 saturated heterocycles. The maximum Gasteiger partial charge on any atom is 0.244 e. The molecule has 2 atom stereocenters. The minimum atomic E-state index is -0.208. The van der Waals surface area contributed by atoms with Crippen LogP contribution in [-0.4, -0.2) is 66.9 Å². The van der Waals surface area contributed by atoms with Crippen molar-refractivity contribution in [1.29, 1.82) is 0 Å². The molecule has 0 bridgehead atoms. The number of likely N-dealkylation sites (tertiary alicyclic amines) is 2. The van der Waals surface area contributed by atoms with Gasteiger partial charge in [0.15, 0.2) is 0 Å². The third kappa shape index (κ3) is 4.81. The maximum absolute atomic E-state index is 13.3. The Morgan fingerprint density at radius 1 is 1.10 bits per heavy atom. The van der Waals surface area contributed by atoms with Crippen LogP contribution in [0.4, 0.5) is 11.4 Å². The molecule has 4 rings (SSSR count). The maximum atomic E-state index is 13.3. The third-order valence-electron chi connectivity index (χ3n) is 6.71. The van der Waals surface area contributed by atoms with Gasteiger partial charge in [-0.15, -0.1) is 0 Å². The molecule has 3 aliphatic rings. The van der Waals surface area contributed by atoms with Gasteiger partial charge in [0, 0.05) is 13.1 Å². The molecule has 1 aromatic carbocycles. The number of carbonyl (C=O) groups excluding carboxylic acids is 2. The van der Waals surface area contributed by atoms with Crippen molar-refractivity contribution in [3.63, 3.8) is 0 Å². The number of rotatable bonds is 4. The molecule has 1 N–H and O–H groups in total. The van der Waals surface area contributed by atoms with Gasteiger partial charge in [-0.05, 0) is 70.3 Å². The summed E-state index contributed by atoms with van der Waals surface area (Å²) in [4.78, 5) is 32.1. The number of nitrogens with one attached hydrogen (secondary N) is 1. The minimum absolute atomic E-state index is 0.0303. The molecule has 29 heavy (non-hydrogen) atoms. The summed E-state index contributed by atoms with van der Waals surface area (Å²) >= 11 is 0. The van der Waals surface area contributed by atoms with Crippen LogP contribution >= 0.6 is 0 Å². The largest absolute Gasteiger partial charge is 0.323 e. The highest BCUT2D eigenvalue weighted by atomic mass is 16.2. The van der Waals surface area contributed by atoms with E-state index in [9.17, 15) is 9.59 Å². The second-order valence-electron chi connectivity index (χ2n) is 8.88. The Balaban J connectivity index is 1.40. The quantitative estimate of drug-likeness (QED) is 0.847. The number of para-hydroxylation sites is 2. The van der Waals surface area contributed by atoms with Gasteiger partial charge in [-0.25, -0.2) is 0 Å². The molecule has 0 aromatic heterocycles. The van der Waals surface area contributed by atoms with Gasteiger partial charge in [0.2, 0.25) is 11.8 Å². The van der Waals surface area contributed by atoms with Crippen molar-refractivity contribution in [3.8, 4) is 0 Å². The van der Waals surface area contributed by atoms with E-state index in [-0.39, 0.29) is 24.4 Å². The molecule has 3 heterocycles. The SMILES string of the molecule is CC(C(=O)N1CC(=O)Nc2ccccc21)N1CCCC(CN2CCCCCC2)C1. The average Bonchev–Trinajstić information content (AvgIpc) is 3.01. The van der Waals surface area contributed by atoms with Gasteiger partial charge in [-0.1, -0.05) is 25.0 Å². The van der Waals surface area contributed by atoms with Gasteiger partial charge in [0.05, 0.1) is 17.4 Å². The lowest BCUT2D eigenvalue weighted by Crippen LogP contribution is -2.54. The monoisotopic (exact) mass is 398 g/mol. The van der Waals surface area contributed by atoms with E-state index in [4.69, 9.17) is 0 Å². The molecule has 2 unspecified atom stereocenters. The Morgan fingerprint density at radius 2 is 1.86 bits per heavy atom. The van der Waals surface area contributed by atoms with Gasteiger partial charge >= 0.3 is 0 Å². The summed E-state index contributed by atoms with van der Waals surface area (Å²) in [6, 6.07) is 7.36. The molecule has 6 nitrogen and oxygen atoms in total. The van der Waals surface area contributed by atoms with E-state index in [2.05, 4.69) is 15.1 Å². The summed E-state index contributed by atoms with van der Waals surface area (Å²) in [5.74, 6) is 0.540. The van der Waals surface area contributed by atoms with Crippen LogP contribution in [0.5, 0.6) is 0 Å². The fourth-order valence-electron chi connectivity index (χ4n) is 5.09. The van der Waals surface area contributed by atoms with Crippen molar-refractivity contribution in [2.24, 2.45) is 5.92 Å². The Morgan fingerprint density at radius 3 is 2.66 bits per heavy atom. The van der Waals surface area contributed by atoms with Crippen LogP contribution in [0.2, 0.25) is 0 Å². The predicted molar refractivity (Wildman–Crippen MR) is 116 cm³/mol. The molecule has 0 spiro atoms. The lowest BCUT2D eigenvalue weighted by Gasteiger charge is -2.40. The van der Waals surface area contributed by atoms with E-state index in [1.165, 1.54) is 45.2 Å². The zero-order chi connectivity index (χ0) is 20.2. The Labute approximate surface area is 174 Å². The lowest BCUT2D eigenvalue weighted by molar-refractivity contribution is -0.126. The van der Waals surface area contributed by atoms with Crippen molar-refractivity contribution in [1.82, 2.24) is 9.80 Å². The zero-order valence-corrected chi connectivity index (χ0v) is 17.6. The second-order valence-corrected chi connectivity index (χ2v) is 8.88. The number of amides is 2. The summed E-state index contributed by atoms with van der Waals surface area (Å²) in [5.41, 5.74) is 1.53. The standard InChI is InChI=1S/C23H34N4O2/c1-18(23(29)27-17-22(28)24-20-10-4-5-11-21(20)27)26-14-8-9-19(16-26)15-25-12-6-2-3-7-13-25/h4-5,10-11,18-19H,2-3,6-9,12-17H2,1H3,(H,24,28). The van der Waals surface area contributed by atoms with Gasteiger partial charge in [-0.2, -0.15) is 0 Å². The highest BCUT2D eigenvalue weighted by molar-refractivity contribution is 6.11. The van der Waals surface area contributed by atoms with Crippen molar-refractivity contribution < 1.29 is 9.59 Å². The number of carbonyl (C=O) groups is 2. The average molecular weight is 399 g/mol. The Hall–Kier alpha value is -1.92. The normalized spacial score (nSPS) is 25.1. The zero-order valence-electron chi connectivity index (χ0n) is 17.6. The van der Waals surface area contributed by atoms with Crippen molar-refractivity contribution in [2.75, 3.05) is 49.5 Å². The Bertz CT molecular complexity index is 729. The molecule has 1 aromatic rings. The van der Waals surface area contributed by atoms with Crippen molar-refractivity contribution in [3.05, 3.63) is 24.3 Å². The number of nitrogens with zero attached hydrogens (tertiary/aromatic N) is 3. The topological polar surface area (TPSA) is 55.9 Å². The summed E-state index contributed by atoms with van der Waals surface area (Å²) in [7, 11) is 0. The molecular weight excluding hydrogens is 364 g/mol. The first kappa shape index (κ1) is 20.4. The van der Waals surface area contributed by atoms with Crippen LogP contribution in [0.1, 0.15) is 45.4 Å². The summed E-state index contributed by atoms with van der Waals surface area (Å²) in [6.07, 6.45) is 7.77. The van der Waals surface area contributed by atoms with Crippen molar-refractivity contribution >= 4 is 23.2 Å². The fraction of sp³-hybridized carbons (Fsp3) is 0.652. The highest BCUT2D eigenvalue weighted by Gasteiger charge is 2.34. The van der Waals surface area contributed by atoms with Gasteiger partial charge in [0.1, 0.15) is 6.54 Å². The van der Waals surface area contributed by atoms with Crippen LogP contribution in [0, 0.1) is 5.92 Å². The number of piperidine rings is 1. The molecule has 158 valence electrons. The molecular formula is C23H34N4O2.